The fourth-order valence-corrected chi connectivity index (χ4v) is 4.00. The molecule has 0 spiro atoms. The van der Waals surface area contributed by atoms with E-state index in [1.54, 1.807) is 38.1 Å². The van der Waals surface area contributed by atoms with Gasteiger partial charge in [0.15, 0.2) is 0 Å². The van der Waals surface area contributed by atoms with Crippen LogP contribution in [0.1, 0.15) is 58.6 Å². The van der Waals surface area contributed by atoms with Gasteiger partial charge >= 0.3 is 5.97 Å². The number of hydrogen-bond acceptors (Lipinski definition) is 6. The number of amides is 2. The van der Waals surface area contributed by atoms with Gasteiger partial charge in [-0.05, 0) is 30.9 Å². The Morgan fingerprint density at radius 2 is 1.81 bits per heavy atom. The molecular formula is C20H22N2O4S. The zero-order valence-electron chi connectivity index (χ0n) is 15.6. The van der Waals surface area contributed by atoms with E-state index in [-0.39, 0.29) is 12.5 Å². The number of aryl methyl sites for hydroxylation is 1. The monoisotopic (exact) mass is 386 g/mol. The van der Waals surface area contributed by atoms with Gasteiger partial charge in [0.25, 0.3) is 11.8 Å². The molecule has 0 fully saturated rings. The fourth-order valence-electron chi connectivity index (χ4n) is 3.11. The largest absolute Gasteiger partial charge is 0.458 e. The van der Waals surface area contributed by atoms with Crippen molar-refractivity contribution in [3.8, 4) is 0 Å². The summed E-state index contributed by atoms with van der Waals surface area (Å²) in [6.07, 6.45) is 1.89. The van der Waals surface area contributed by atoms with Crippen LogP contribution in [0.4, 0.5) is 0 Å². The molecule has 1 aromatic carbocycles. The van der Waals surface area contributed by atoms with Crippen molar-refractivity contribution in [3.63, 3.8) is 0 Å². The molecule has 2 amide bonds. The molecule has 1 aromatic heterocycles. The third kappa shape index (κ3) is 3.78. The Kier molecular flexibility index (Phi) is 5.70. The van der Waals surface area contributed by atoms with Gasteiger partial charge in [-0.1, -0.05) is 32.9 Å². The number of esters is 1. The molecule has 1 aliphatic rings. The number of thiazole rings is 1. The van der Waals surface area contributed by atoms with Gasteiger partial charge in [-0.2, -0.15) is 0 Å². The van der Waals surface area contributed by atoms with Gasteiger partial charge in [0.05, 0.1) is 21.8 Å². The first-order valence-corrected chi connectivity index (χ1v) is 9.88. The Morgan fingerprint density at radius 1 is 1.19 bits per heavy atom. The van der Waals surface area contributed by atoms with Crippen molar-refractivity contribution < 1.29 is 19.1 Å². The summed E-state index contributed by atoms with van der Waals surface area (Å²) in [4.78, 5) is 43.6. The Labute approximate surface area is 162 Å². The number of aromatic nitrogens is 1. The number of fused-ring (bicyclic) bond motifs is 1. The van der Waals surface area contributed by atoms with E-state index >= 15 is 0 Å². The molecule has 0 unspecified atom stereocenters. The molecule has 0 radical (unpaired) electrons. The topological polar surface area (TPSA) is 76.6 Å². The van der Waals surface area contributed by atoms with Crippen LogP contribution in [0, 0.1) is 5.92 Å². The average molecular weight is 386 g/mol. The average Bonchev–Trinajstić information content (AvgIpc) is 3.19. The maximum atomic E-state index is 12.7. The number of nitrogens with zero attached hydrogens (tertiary/aromatic N) is 2. The summed E-state index contributed by atoms with van der Waals surface area (Å²) < 4.78 is 5.41. The van der Waals surface area contributed by atoms with Crippen molar-refractivity contribution in [2.45, 2.75) is 46.3 Å². The van der Waals surface area contributed by atoms with E-state index in [1.165, 1.54) is 11.3 Å². The predicted octanol–water partition coefficient (Wildman–Crippen LogP) is 3.46. The molecule has 1 aliphatic heterocycles. The summed E-state index contributed by atoms with van der Waals surface area (Å²) in [5, 5.41) is 2.87. The summed E-state index contributed by atoms with van der Waals surface area (Å²) in [5.41, 5.74) is 1.33. The van der Waals surface area contributed by atoms with Crippen LogP contribution in [0.15, 0.2) is 29.6 Å². The summed E-state index contributed by atoms with van der Waals surface area (Å²) >= 11 is 1.54. The molecule has 2 aromatic rings. The van der Waals surface area contributed by atoms with E-state index < -0.39 is 23.8 Å². The molecule has 0 aliphatic carbocycles. The van der Waals surface area contributed by atoms with E-state index in [0.717, 1.165) is 22.7 Å². The molecule has 6 nitrogen and oxygen atoms in total. The molecule has 0 saturated carbocycles. The van der Waals surface area contributed by atoms with Gasteiger partial charge in [-0.3, -0.25) is 14.5 Å². The highest BCUT2D eigenvalue weighted by atomic mass is 32.1. The minimum Gasteiger partial charge on any atom is -0.458 e. The van der Waals surface area contributed by atoms with Crippen LogP contribution in [0.25, 0.3) is 0 Å². The number of carbonyl (C=O) groups excluding carboxylic acids is 3. The zero-order valence-corrected chi connectivity index (χ0v) is 16.4. The van der Waals surface area contributed by atoms with Crippen LogP contribution in [0.5, 0.6) is 0 Å². The number of imide groups is 1. The van der Waals surface area contributed by atoms with Gasteiger partial charge in [0, 0.05) is 5.38 Å². The maximum Gasteiger partial charge on any atom is 0.330 e. The molecule has 0 N–H and O–H groups in total. The van der Waals surface area contributed by atoms with Crippen LogP contribution in [0.2, 0.25) is 0 Å². The normalized spacial score (nSPS) is 14.6. The van der Waals surface area contributed by atoms with E-state index in [1.807, 2.05) is 5.38 Å². The number of carbonyl (C=O) groups is 3. The third-order valence-corrected chi connectivity index (χ3v) is 5.36. The first-order valence-electron chi connectivity index (χ1n) is 9.00. The molecule has 1 atom stereocenters. The van der Waals surface area contributed by atoms with E-state index in [2.05, 4.69) is 11.9 Å². The minimum atomic E-state index is -0.967. The Bertz CT molecular complexity index is 839. The Hall–Kier alpha value is -2.54. The van der Waals surface area contributed by atoms with Crippen LogP contribution >= 0.6 is 11.3 Å². The van der Waals surface area contributed by atoms with E-state index in [4.69, 9.17) is 4.74 Å². The van der Waals surface area contributed by atoms with Crippen molar-refractivity contribution in [1.82, 2.24) is 9.88 Å². The molecule has 7 heteroatoms. The molecule has 0 bridgehead atoms. The summed E-state index contributed by atoms with van der Waals surface area (Å²) in [6, 6.07) is 5.63. The lowest BCUT2D eigenvalue weighted by molar-refractivity contribution is -0.151. The van der Waals surface area contributed by atoms with Gasteiger partial charge in [0.1, 0.15) is 12.6 Å². The molecule has 27 heavy (non-hydrogen) atoms. The second-order valence-electron chi connectivity index (χ2n) is 6.81. The van der Waals surface area contributed by atoms with Crippen molar-refractivity contribution in [2.75, 3.05) is 0 Å². The second kappa shape index (κ2) is 8.00. The molecule has 3 rings (SSSR count). The smallest absolute Gasteiger partial charge is 0.330 e. The van der Waals surface area contributed by atoms with Gasteiger partial charge in [0.2, 0.25) is 0 Å². The summed E-state index contributed by atoms with van der Waals surface area (Å²) in [7, 11) is 0. The van der Waals surface area contributed by atoms with Crippen LogP contribution in [-0.4, -0.2) is 33.7 Å². The van der Waals surface area contributed by atoms with Crippen molar-refractivity contribution in [1.29, 1.82) is 0 Å². The summed E-state index contributed by atoms with van der Waals surface area (Å²) in [6.45, 7) is 5.69. The first-order chi connectivity index (χ1) is 12.9. The SMILES string of the molecule is CCCc1nc(COC(=O)[C@H](C(C)C)N2C(=O)c3ccccc3C2=O)cs1. The lowest BCUT2D eigenvalue weighted by Gasteiger charge is -2.27. The lowest BCUT2D eigenvalue weighted by Crippen LogP contribution is -2.48. The minimum absolute atomic E-state index is 0.0332. The van der Waals surface area contributed by atoms with E-state index in [9.17, 15) is 14.4 Å². The number of ether oxygens (including phenoxy) is 1. The van der Waals surface area contributed by atoms with Crippen LogP contribution < -0.4 is 0 Å². The quantitative estimate of drug-likeness (QED) is 0.538. The summed E-state index contributed by atoms with van der Waals surface area (Å²) in [5.74, 6) is -1.77. The van der Waals surface area contributed by atoms with Gasteiger partial charge in [-0.25, -0.2) is 9.78 Å². The molecule has 2 heterocycles. The molecular weight excluding hydrogens is 364 g/mol. The molecule has 0 saturated heterocycles. The van der Waals surface area contributed by atoms with Crippen LogP contribution in [-0.2, 0) is 22.6 Å². The van der Waals surface area contributed by atoms with Crippen molar-refractivity contribution >= 4 is 29.1 Å². The van der Waals surface area contributed by atoms with E-state index in [0.29, 0.717) is 16.8 Å². The van der Waals surface area contributed by atoms with Crippen molar-refractivity contribution in [2.24, 2.45) is 5.92 Å². The van der Waals surface area contributed by atoms with Gasteiger partial charge < -0.3 is 4.74 Å². The third-order valence-electron chi connectivity index (χ3n) is 4.40. The highest BCUT2D eigenvalue weighted by molar-refractivity contribution is 7.09. The standard InChI is InChI=1S/C20H22N2O4S/c1-4-7-16-21-13(11-27-16)10-26-20(25)17(12(2)3)22-18(23)14-8-5-6-9-15(14)19(22)24/h5-6,8-9,11-12,17H,4,7,10H2,1-3H3/t17-/m0/s1. The number of hydrogen-bond donors (Lipinski definition) is 0. The Balaban J connectivity index is 1.74. The maximum absolute atomic E-state index is 12.7. The first kappa shape index (κ1) is 19.2. The molecule has 142 valence electrons. The second-order valence-corrected chi connectivity index (χ2v) is 7.75. The highest BCUT2D eigenvalue weighted by Crippen LogP contribution is 2.28. The number of rotatable bonds is 7. The van der Waals surface area contributed by atoms with Gasteiger partial charge in [-0.15, -0.1) is 11.3 Å². The van der Waals surface area contributed by atoms with Crippen molar-refractivity contribution in [3.05, 3.63) is 51.5 Å². The fraction of sp³-hybridized carbons (Fsp3) is 0.400. The number of benzene rings is 1. The lowest BCUT2D eigenvalue weighted by atomic mass is 10.0. The zero-order chi connectivity index (χ0) is 19.6. The van der Waals surface area contributed by atoms with Crippen LogP contribution in [0.3, 0.4) is 0 Å². The predicted molar refractivity (Wildman–Crippen MR) is 101 cm³/mol. The highest BCUT2D eigenvalue weighted by Gasteiger charge is 2.44. The Morgan fingerprint density at radius 3 is 2.37 bits per heavy atom.